The van der Waals surface area contributed by atoms with Gasteiger partial charge in [-0.3, -0.25) is 6.08 Å². The van der Waals surface area contributed by atoms with Gasteiger partial charge in [0.15, 0.2) is 0 Å². The molecule has 3 radical (unpaired) electrons. The van der Waals surface area contributed by atoms with Gasteiger partial charge in [0.2, 0.25) is 0 Å². The Morgan fingerprint density at radius 2 is 1.12 bits per heavy atom. The predicted molar refractivity (Wildman–Crippen MR) is 233 cm³/mol. The van der Waals surface area contributed by atoms with Crippen molar-refractivity contribution >= 4 is 81.7 Å². The molecule has 1 nitrogen and oxygen atoms in total. The van der Waals surface area contributed by atoms with Crippen molar-refractivity contribution in [2.24, 2.45) is 11.3 Å². The first-order valence-electron chi connectivity index (χ1n) is 17.8. The molecule has 0 saturated heterocycles. The van der Waals surface area contributed by atoms with E-state index in [-0.39, 0.29) is 51.2 Å². The molecule has 5 aromatic carbocycles. The molecule has 0 spiro atoms. The average Bonchev–Trinajstić information content (AvgIpc) is 3.73. The van der Waals surface area contributed by atoms with Gasteiger partial charge in [0, 0.05) is 0 Å². The predicted octanol–water partition coefficient (Wildman–Crippen LogP) is 13.1. The van der Waals surface area contributed by atoms with Crippen molar-refractivity contribution in [3.05, 3.63) is 149 Å². The summed E-state index contributed by atoms with van der Waals surface area (Å²) in [4.78, 5) is 0. The van der Waals surface area contributed by atoms with E-state index >= 15 is 0 Å². The number of rotatable bonds is 4. The molecule has 6 heteroatoms. The van der Waals surface area contributed by atoms with Gasteiger partial charge in [0.1, 0.15) is 0 Å². The molecule has 271 valence electrons. The van der Waals surface area contributed by atoms with Crippen molar-refractivity contribution in [3.63, 3.8) is 0 Å². The van der Waals surface area contributed by atoms with Gasteiger partial charge in [-0.15, -0.1) is 64.6 Å². The molecule has 1 atom stereocenters. The van der Waals surface area contributed by atoms with E-state index in [0.717, 1.165) is 0 Å². The zero-order chi connectivity index (χ0) is 37.1. The summed E-state index contributed by atoms with van der Waals surface area (Å²) in [6.07, 6.45) is 9.00. The molecule has 0 aliphatic heterocycles. The van der Waals surface area contributed by atoms with Crippen LogP contribution in [0.5, 0.6) is 0 Å². The molecular weight excluding hydrogens is 785 g/mol. The Bertz CT molecular complexity index is 1760. The van der Waals surface area contributed by atoms with Crippen LogP contribution >= 0.6 is 24.8 Å². The van der Waals surface area contributed by atoms with Crippen LogP contribution in [0.3, 0.4) is 0 Å². The van der Waals surface area contributed by atoms with Gasteiger partial charge in [-0.1, -0.05) is 128 Å². The summed E-state index contributed by atoms with van der Waals surface area (Å²) < 4.78 is 5.96. The summed E-state index contributed by atoms with van der Waals surface area (Å²) in [5.41, 5.74) is 7.61. The van der Waals surface area contributed by atoms with Crippen LogP contribution in [-0.4, -0.2) is 35.4 Å². The second-order valence-electron chi connectivity index (χ2n) is 15.9. The van der Waals surface area contributed by atoms with Gasteiger partial charge in [0.05, 0.1) is 0 Å². The Labute approximate surface area is 358 Å². The third kappa shape index (κ3) is 14.7. The van der Waals surface area contributed by atoms with Gasteiger partial charge >= 0.3 is 131 Å². The average molecular weight is 842 g/mol. The minimum atomic E-state index is 0. The summed E-state index contributed by atoms with van der Waals surface area (Å²) in [5, 5.41) is 5.48. The molecule has 5 aromatic rings. The second kappa shape index (κ2) is 22.2. The van der Waals surface area contributed by atoms with Crippen LogP contribution in [0.2, 0.25) is 5.79 Å². The number of hydrogen-bond acceptors (Lipinski definition) is 1. The summed E-state index contributed by atoms with van der Waals surface area (Å²) in [6.45, 7) is 22.6. The standard InChI is InChI=1S/C21H25.C13H10.C11H17.CH3.2Al.2ClH.O.Zr/c1-20(2,3)16-7-9-18-14(12-16)11-15-13-17(21(4,5)6)8-10-19(15)18;1-3-7-12(8-4-1)11-13-9-5-2-6-10-13;1-5-9-6-7-10(8-9)11(2,3)4;;;;;;;/h7-13H,1-6H3;1-10H;7-9H,5H2,1-4H3;1H3;;;2*1H;;/q-1;;-1;;;;;;;+2. The van der Waals surface area contributed by atoms with Gasteiger partial charge in [-0.25, -0.2) is 6.08 Å². The summed E-state index contributed by atoms with van der Waals surface area (Å²) in [5.74, 6) is 2.59. The van der Waals surface area contributed by atoms with E-state index < -0.39 is 0 Å². The van der Waals surface area contributed by atoms with Crippen LogP contribution in [0.1, 0.15) is 97.9 Å². The number of halogens is 2. The van der Waals surface area contributed by atoms with Crippen molar-refractivity contribution in [1.82, 2.24) is 0 Å². The van der Waals surface area contributed by atoms with Crippen molar-refractivity contribution in [2.75, 3.05) is 0 Å². The van der Waals surface area contributed by atoms with E-state index in [2.05, 4.69) is 210 Å². The Hall–Kier alpha value is -1.41. The molecule has 1 aliphatic rings. The summed E-state index contributed by atoms with van der Waals surface area (Å²) >= 11 is 3.90. The molecule has 52 heavy (non-hydrogen) atoms. The van der Waals surface area contributed by atoms with Crippen LogP contribution in [0, 0.1) is 17.4 Å². The van der Waals surface area contributed by atoms with E-state index in [1.807, 2.05) is 5.79 Å². The Kier molecular flexibility index (Phi) is 20.8. The first kappa shape index (κ1) is 48.6. The van der Waals surface area contributed by atoms with E-state index in [1.165, 1.54) is 83.2 Å². The maximum atomic E-state index is 4.54. The van der Waals surface area contributed by atoms with Crippen LogP contribution in [0.4, 0.5) is 0 Å². The fraction of sp³-hybridized carbons (Fsp3) is 0.348. The first-order chi connectivity index (χ1) is 23.5. The van der Waals surface area contributed by atoms with Crippen LogP contribution in [-0.2, 0) is 37.9 Å². The van der Waals surface area contributed by atoms with Crippen molar-refractivity contribution in [3.8, 4) is 0 Å². The van der Waals surface area contributed by atoms with Gasteiger partial charge in [-0.05, 0) is 10.8 Å². The molecule has 0 bridgehead atoms. The number of allylic oxidation sites excluding steroid dienone is 4. The Balaban J connectivity index is 0.000000382. The Morgan fingerprint density at radius 1 is 0.712 bits per heavy atom. The minimum absolute atomic E-state index is 0. The van der Waals surface area contributed by atoms with Gasteiger partial charge in [-0.2, -0.15) is 11.6 Å². The monoisotopic (exact) mass is 839 g/mol. The third-order valence-corrected chi connectivity index (χ3v) is 11.3. The molecule has 0 amide bonds. The molecule has 1 unspecified atom stereocenters. The molecule has 0 N–H and O–H groups in total. The molecular formula is C46H57Al2Cl2OZr. The van der Waals surface area contributed by atoms with Crippen molar-refractivity contribution < 1.29 is 27.1 Å². The molecule has 0 aromatic heterocycles. The molecule has 6 rings (SSSR count). The quantitative estimate of drug-likeness (QED) is 0.129. The number of benzene rings is 4. The van der Waals surface area contributed by atoms with Gasteiger partial charge in [0.25, 0.3) is 0 Å². The molecule has 1 aliphatic carbocycles. The van der Waals surface area contributed by atoms with E-state index in [4.69, 9.17) is 0 Å². The van der Waals surface area contributed by atoms with Crippen LogP contribution in [0.25, 0.3) is 21.5 Å². The van der Waals surface area contributed by atoms with Crippen LogP contribution < -0.4 is 0 Å². The zero-order valence-electron chi connectivity index (χ0n) is 33.1. The van der Waals surface area contributed by atoms with E-state index in [1.54, 1.807) is 0 Å². The van der Waals surface area contributed by atoms with E-state index in [9.17, 15) is 0 Å². The van der Waals surface area contributed by atoms with Crippen molar-refractivity contribution in [1.29, 1.82) is 0 Å². The molecule has 0 fully saturated rings. The Morgan fingerprint density at radius 3 is 1.40 bits per heavy atom. The SMILES string of the molecule is CC(C)(C)c1ccc2c(c1)[cH-]c1cc(C(C)(C)C)ccc12.CCC1[C-]=CC(C(C)(C)C)=C1.Cl.Cl.[CH3][Al][O][Al].[Zr+2]=[C](c1ccccc1)c1ccccc1. The van der Waals surface area contributed by atoms with E-state index in [0.29, 0.717) is 11.3 Å². The fourth-order valence-electron chi connectivity index (χ4n) is 5.54. The summed E-state index contributed by atoms with van der Waals surface area (Å²) in [7, 11) is 0. The molecule has 0 saturated carbocycles. The number of hydrogen-bond donors (Lipinski definition) is 0. The second-order valence-corrected chi connectivity index (χ2v) is 18.7. The fourth-order valence-corrected chi connectivity index (χ4v) is 6.36. The topological polar surface area (TPSA) is 9.23 Å². The van der Waals surface area contributed by atoms with Crippen molar-refractivity contribution in [2.45, 2.75) is 92.3 Å². The maximum absolute atomic E-state index is 4.54. The van der Waals surface area contributed by atoms with Crippen LogP contribution in [0.15, 0.2) is 121 Å². The van der Waals surface area contributed by atoms with Gasteiger partial charge < -0.3 is 2.84 Å². The first-order valence-corrected chi connectivity index (χ1v) is 21.1. The molecule has 0 heterocycles. The zero-order valence-corrected chi connectivity index (χ0v) is 39.5. The third-order valence-electron chi connectivity index (χ3n) is 8.84. The number of fused-ring (bicyclic) bond motifs is 3. The normalized spacial score (nSPS) is 13.6. The summed E-state index contributed by atoms with van der Waals surface area (Å²) in [6, 6.07) is 37.3.